The first kappa shape index (κ1) is 29.4. The van der Waals surface area contributed by atoms with Crippen LogP contribution in [0, 0.1) is 27.7 Å². The van der Waals surface area contributed by atoms with E-state index in [1.54, 1.807) is 26.8 Å². The molecular formula is C23H25ClN4O7S3. The van der Waals surface area contributed by atoms with Crippen LogP contribution in [0.15, 0.2) is 39.6 Å². The van der Waals surface area contributed by atoms with Gasteiger partial charge >= 0.3 is 0 Å². The molecule has 0 spiro atoms. The van der Waals surface area contributed by atoms with E-state index >= 15 is 0 Å². The number of thiophene rings is 1. The Morgan fingerprint density at radius 2 is 1.76 bits per heavy atom. The topological polar surface area (TPSA) is 165 Å². The zero-order chi connectivity index (χ0) is 28.6. The lowest BCUT2D eigenvalue weighted by Crippen LogP contribution is -2.31. The molecule has 2 heterocycles. The quantitative estimate of drug-likeness (QED) is 0.308. The van der Waals surface area contributed by atoms with Crippen molar-refractivity contribution in [3.05, 3.63) is 68.0 Å². The van der Waals surface area contributed by atoms with Crippen LogP contribution in [0.4, 0.5) is 11.6 Å². The zero-order valence-electron chi connectivity index (χ0n) is 21.0. The molecule has 1 atom stereocenters. The molecule has 0 saturated heterocycles. The van der Waals surface area contributed by atoms with Crippen molar-refractivity contribution < 1.29 is 30.9 Å². The molecule has 0 radical (unpaired) electrons. The number of nitrogens with one attached hydrogen (secondary N) is 3. The Morgan fingerprint density at radius 1 is 1.11 bits per heavy atom. The number of hydrogen-bond acceptors (Lipinski definition) is 10. The number of amides is 2. The fourth-order valence-corrected chi connectivity index (χ4v) is 7.22. The van der Waals surface area contributed by atoms with Crippen LogP contribution in [0.5, 0.6) is 0 Å². The second-order valence-corrected chi connectivity index (χ2v) is 13.5. The predicted molar refractivity (Wildman–Crippen MR) is 146 cm³/mol. The van der Waals surface area contributed by atoms with Crippen LogP contribution >= 0.6 is 22.9 Å². The monoisotopic (exact) mass is 600 g/mol. The maximum absolute atomic E-state index is 13.6. The third kappa shape index (κ3) is 6.09. The summed E-state index contributed by atoms with van der Waals surface area (Å²) in [4.78, 5) is 25.7. The first-order valence-corrected chi connectivity index (χ1v) is 15.5. The Labute approximate surface area is 229 Å². The number of anilines is 2. The van der Waals surface area contributed by atoms with Crippen molar-refractivity contribution in [3.8, 4) is 0 Å². The Kier molecular flexibility index (Phi) is 8.41. The number of hydrogen-bond donors (Lipinski definition) is 3. The van der Waals surface area contributed by atoms with E-state index in [1.807, 2.05) is 4.72 Å². The molecule has 3 rings (SSSR count). The van der Waals surface area contributed by atoms with Gasteiger partial charge in [0.2, 0.25) is 25.7 Å². The van der Waals surface area contributed by atoms with Gasteiger partial charge in [0.25, 0.3) is 11.8 Å². The molecular weight excluding hydrogens is 576 g/mol. The summed E-state index contributed by atoms with van der Waals surface area (Å²) in [6, 6.07) is 3.10. The molecule has 2 aromatic heterocycles. The molecule has 1 unspecified atom stereocenters. The van der Waals surface area contributed by atoms with Crippen molar-refractivity contribution >= 4 is 66.2 Å². The Morgan fingerprint density at radius 3 is 2.32 bits per heavy atom. The number of rotatable bonds is 9. The zero-order valence-corrected chi connectivity index (χ0v) is 24.2. The minimum Gasteiger partial charge on any atom is -0.337 e. The van der Waals surface area contributed by atoms with E-state index in [0.717, 1.165) is 23.7 Å². The molecule has 0 saturated carbocycles. The minimum absolute atomic E-state index is 0.0402. The van der Waals surface area contributed by atoms with Gasteiger partial charge in [0.1, 0.15) is 15.6 Å². The van der Waals surface area contributed by atoms with E-state index in [-0.39, 0.29) is 31.9 Å². The van der Waals surface area contributed by atoms with Gasteiger partial charge in [-0.25, -0.2) is 21.6 Å². The number of aryl methyl sites for hydroxylation is 4. The second kappa shape index (κ2) is 10.9. The number of carbonyl (C=O) groups is 2. The van der Waals surface area contributed by atoms with E-state index in [9.17, 15) is 26.4 Å². The second-order valence-electron chi connectivity index (χ2n) is 8.50. The highest BCUT2D eigenvalue weighted by Gasteiger charge is 2.34. The van der Waals surface area contributed by atoms with Crippen molar-refractivity contribution in [2.45, 2.75) is 38.0 Å². The molecule has 0 fully saturated rings. The summed E-state index contributed by atoms with van der Waals surface area (Å²) >= 11 is 7.01. The normalized spacial score (nSPS) is 12.6. The summed E-state index contributed by atoms with van der Waals surface area (Å²) in [5.41, 5.74) is 1.72. The summed E-state index contributed by atoms with van der Waals surface area (Å²) in [5.74, 6) is -1.83. The van der Waals surface area contributed by atoms with Gasteiger partial charge in [-0.05, 0) is 55.8 Å². The molecule has 0 aliphatic carbocycles. The molecule has 1 aromatic carbocycles. The van der Waals surface area contributed by atoms with E-state index in [2.05, 4.69) is 22.4 Å². The maximum Gasteiger partial charge on any atom is 0.267 e. The SMILES string of the molecule is C=CC(Nc1onc(C)c1Cl)S(=O)(=O)c1c(C)csc1C(=O)Nc1c(C)cc(C)cc1C(=O)NS(C)(=O)=O. The van der Waals surface area contributed by atoms with E-state index in [0.29, 0.717) is 22.4 Å². The fourth-order valence-electron chi connectivity index (χ4n) is 3.62. The van der Waals surface area contributed by atoms with Gasteiger partial charge in [-0.3, -0.25) is 9.59 Å². The van der Waals surface area contributed by atoms with E-state index < -0.39 is 37.0 Å². The third-order valence-electron chi connectivity index (χ3n) is 5.26. The number of carbonyl (C=O) groups excluding carboxylic acids is 2. The summed E-state index contributed by atoms with van der Waals surface area (Å²) in [6.07, 6.45) is 1.95. The maximum atomic E-state index is 13.6. The number of sulfone groups is 1. The van der Waals surface area contributed by atoms with Crippen molar-refractivity contribution in [1.82, 2.24) is 9.88 Å². The standard InChI is InChI=1S/C23H25ClN4O7S3/c1-7-16(25-23-17(24)14(5)27-35-23)38(33,34)20-13(4)10-36-19(20)22(30)26-18-12(3)8-11(2)9-15(18)21(29)28-37(6,31)32/h7-10,16,25H,1H2,2-6H3,(H,26,30)(H,28,29). The first-order chi connectivity index (χ1) is 17.6. The molecule has 0 aliphatic heterocycles. The smallest absolute Gasteiger partial charge is 0.267 e. The van der Waals surface area contributed by atoms with Gasteiger partial charge in [0.05, 0.1) is 22.4 Å². The molecule has 0 bridgehead atoms. The number of aromatic nitrogens is 1. The van der Waals surface area contributed by atoms with Gasteiger partial charge in [0.15, 0.2) is 5.37 Å². The molecule has 3 N–H and O–H groups in total. The molecule has 38 heavy (non-hydrogen) atoms. The first-order valence-electron chi connectivity index (χ1n) is 10.8. The summed E-state index contributed by atoms with van der Waals surface area (Å²) < 4.78 is 57.5. The predicted octanol–water partition coefficient (Wildman–Crippen LogP) is 3.96. The highest BCUT2D eigenvalue weighted by molar-refractivity contribution is 7.92. The largest absolute Gasteiger partial charge is 0.337 e. The van der Waals surface area contributed by atoms with Gasteiger partial charge in [-0.15, -0.1) is 11.3 Å². The molecule has 15 heteroatoms. The average molecular weight is 601 g/mol. The average Bonchev–Trinajstić information content (AvgIpc) is 3.34. The molecule has 204 valence electrons. The lowest BCUT2D eigenvalue weighted by Gasteiger charge is -2.17. The summed E-state index contributed by atoms with van der Waals surface area (Å²) in [5, 5.41) is 9.10. The van der Waals surface area contributed by atoms with Crippen LogP contribution in [0.1, 0.15) is 42.4 Å². The summed E-state index contributed by atoms with van der Waals surface area (Å²) in [6.45, 7) is 10.0. The molecule has 3 aromatic rings. The van der Waals surface area contributed by atoms with Gasteiger partial charge in [0, 0.05) is 0 Å². The fraction of sp³-hybridized carbons (Fsp3) is 0.261. The Balaban J connectivity index is 2.03. The number of benzene rings is 1. The van der Waals surface area contributed by atoms with Crippen molar-refractivity contribution in [2.24, 2.45) is 0 Å². The van der Waals surface area contributed by atoms with Crippen molar-refractivity contribution in [2.75, 3.05) is 16.9 Å². The Hall–Kier alpha value is -3.20. The van der Waals surface area contributed by atoms with Gasteiger partial charge in [-0.2, -0.15) is 0 Å². The van der Waals surface area contributed by atoms with Crippen LogP contribution < -0.4 is 15.4 Å². The minimum atomic E-state index is -4.26. The van der Waals surface area contributed by atoms with Crippen LogP contribution in [-0.2, 0) is 19.9 Å². The highest BCUT2D eigenvalue weighted by atomic mass is 35.5. The molecule has 2 amide bonds. The van der Waals surface area contributed by atoms with E-state index in [4.69, 9.17) is 16.1 Å². The van der Waals surface area contributed by atoms with Crippen LogP contribution in [0.3, 0.4) is 0 Å². The Bertz CT molecular complexity index is 1660. The lowest BCUT2D eigenvalue weighted by molar-refractivity contribution is 0.0982. The van der Waals surface area contributed by atoms with Crippen LogP contribution in [-0.4, -0.2) is 45.4 Å². The molecule has 0 aliphatic rings. The van der Waals surface area contributed by atoms with E-state index in [1.165, 1.54) is 18.4 Å². The number of nitrogens with zero attached hydrogens (tertiary/aromatic N) is 1. The van der Waals surface area contributed by atoms with Crippen molar-refractivity contribution in [1.29, 1.82) is 0 Å². The summed E-state index contributed by atoms with van der Waals surface area (Å²) in [7, 11) is -8.15. The molecule has 11 nitrogen and oxygen atoms in total. The number of sulfonamides is 1. The van der Waals surface area contributed by atoms with Crippen molar-refractivity contribution in [3.63, 3.8) is 0 Å². The van der Waals surface area contributed by atoms with Crippen LogP contribution in [0.25, 0.3) is 0 Å². The van der Waals surface area contributed by atoms with Crippen LogP contribution in [0.2, 0.25) is 5.02 Å². The van der Waals surface area contributed by atoms with Gasteiger partial charge < -0.3 is 15.2 Å². The lowest BCUT2D eigenvalue weighted by atomic mass is 10.0. The van der Waals surface area contributed by atoms with Gasteiger partial charge in [-0.1, -0.05) is 35.5 Å². The number of halogens is 1. The third-order valence-corrected chi connectivity index (χ3v) is 9.56. The highest BCUT2D eigenvalue weighted by Crippen LogP contribution is 2.34.